The number of nitrogens with two attached hydrogens (primary N) is 1. The average Bonchev–Trinajstić information content (AvgIpc) is 2.88. The van der Waals surface area contributed by atoms with E-state index in [1.54, 1.807) is 0 Å². The Morgan fingerprint density at radius 3 is 2.81 bits per heavy atom. The van der Waals surface area contributed by atoms with Crippen molar-refractivity contribution in [2.24, 2.45) is 5.73 Å². The average molecular weight is 317 g/mol. The van der Waals surface area contributed by atoms with E-state index in [1.807, 2.05) is 48.5 Å². The molecule has 0 aliphatic rings. The van der Waals surface area contributed by atoms with Crippen molar-refractivity contribution in [3.8, 4) is 5.75 Å². The SMILES string of the molecule is N=C(N)c1cc2ccc(OCc3cccc(Cl)c3)cc2s1. The lowest BCUT2D eigenvalue weighted by molar-refractivity contribution is 0.306. The molecule has 0 aliphatic carbocycles. The molecule has 21 heavy (non-hydrogen) atoms. The fourth-order valence-corrected chi connectivity index (χ4v) is 3.19. The molecular weight excluding hydrogens is 304 g/mol. The third-order valence-corrected chi connectivity index (χ3v) is 4.42. The Morgan fingerprint density at radius 2 is 2.05 bits per heavy atom. The van der Waals surface area contributed by atoms with Gasteiger partial charge in [0, 0.05) is 9.72 Å². The summed E-state index contributed by atoms with van der Waals surface area (Å²) in [6.07, 6.45) is 0. The summed E-state index contributed by atoms with van der Waals surface area (Å²) < 4.78 is 6.85. The number of nitrogens with one attached hydrogen (secondary N) is 1. The lowest BCUT2D eigenvalue weighted by Crippen LogP contribution is -2.08. The molecule has 0 bridgehead atoms. The highest BCUT2D eigenvalue weighted by atomic mass is 35.5. The smallest absolute Gasteiger partial charge is 0.133 e. The lowest BCUT2D eigenvalue weighted by atomic mass is 10.2. The van der Waals surface area contributed by atoms with Crippen LogP contribution in [0.15, 0.2) is 48.5 Å². The summed E-state index contributed by atoms with van der Waals surface area (Å²) in [5.74, 6) is 0.886. The van der Waals surface area contributed by atoms with E-state index in [9.17, 15) is 0 Å². The van der Waals surface area contributed by atoms with Crippen molar-refractivity contribution in [2.75, 3.05) is 0 Å². The number of halogens is 1. The van der Waals surface area contributed by atoms with Crippen molar-refractivity contribution in [3.63, 3.8) is 0 Å². The van der Waals surface area contributed by atoms with Crippen LogP contribution in [0.1, 0.15) is 10.4 Å². The maximum absolute atomic E-state index is 7.48. The zero-order valence-corrected chi connectivity index (χ0v) is 12.7. The van der Waals surface area contributed by atoms with Gasteiger partial charge in [0.05, 0.1) is 4.88 Å². The molecule has 0 radical (unpaired) electrons. The van der Waals surface area contributed by atoms with Gasteiger partial charge in [-0.1, -0.05) is 23.7 Å². The first-order valence-corrected chi connectivity index (χ1v) is 7.56. The number of ether oxygens (including phenoxy) is 1. The maximum Gasteiger partial charge on any atom is 0.133 e. The van der Waals surface area contributed by atoms with Crippen molar-refractivity contribution in [1.82, 2.24) is 0 Å². The van der Waals surface area contributed by atoms with Crippen LogP contribution in [-0.4, -0.2) is 5.84 Å². The molecule has 5 heteroatoms. The minimum Gasteiger partial charge on any atom is -0.489 e. The van der Waals surface area contributed by atoms with Crippen LogP contribution >= 0.6 is 22.9 Å². The minimum absolute atomic E-state index is 0.0950. The maximum atomic E-state index is 7.48. The molecule has 0 saturated heterocycles. The zero-order valence-electron chi connectivity index (χ0n) is 11.1. The molecule has 3 nitrogen and oxygen atoms in total. The lowest BCUT2D eigenvalue weighted by Gasteiger charge is -2.06. The Morgan fingerprint density at radius 1 is 1.19 bits per heavy atom. The second kappa shape index (κ2) is 5.76. The first-order chi connectivity index (χ1) is 10.1. The molecule has 3 rings (SSSR count). The van der Waals surface area contributed by atoms with Gasteiger partial charge in [0.15, 0.2) is 0 Å². The minimum atomic E-state index is 0.0950. The molecule has 0 atom stereocenters. The van der Waals surface area contributed by atoms with E-state index >= 15 is 0 Å². The monoisotopic (exact) mass is 316 g/mol. The van der Waals surface area contributed by atoms with Gasteiger partial charge in [0.1, 0.15) is 18.2 Å². The second-order valence-electron chi connectivity index (χ2n) is 4.64. The standard InChI is InChI=1S/C16H13ClN2OS/c17-12-3-1-2-10(6-12)9-20-13-5-4-11-7-15(16(18)19)21-14(11)8-13/h1-8H,9H2,(H3,18,19). The Kier molecular flexibility index (Phi) is 3.82. The van der Waals surface area contributed by atoms with E-state index < -0.39 is 0 Å². The molecular formula is C16H13ClN2OS. The largest absolute Gasteiger partial charge is 0.489 e. The van der Waals surface area contributed by atoms with E-state index in [1.165, 1.54) is 11.3 Å². The predicted molar refractivity (Wildman–Crippen MR) is 88.6 cm³/mol. The highest BCUT2D eigenvalue weighted by Crippen LogP contribution is 2.29. The first kappa shape index (κ1) is 13.9. The third kappa shape index (κ3) is 3.17. The normalized spacial score (nSPS) is 10.7. The fourth-order valence-electron chi connectivity index (χ4n) is 2.03. The van der Waals surface area contributed by atoms with Crippen LogP contribution in [0.5, 0.6) is 5.75 Å². The molecule has 0 spiro atoms. The Bertz CT molecular complexity index is 813. The molecule has 2 aromatic carbocycles. The van der Waals surface area contributed by atoms with Crippen molar-refractivity contribution < 1.29 is 4.74 Å². The molecule has 0 aliphatic heterocycles. The van der Waals surface area contributed by atoms with Gasteiger partial charge in [-0.2, -0.15) is 0 Å². The molecule has 3 aromatic rings. The number of hydrogen-bond acceptors (Lipinski definition) is 3. The van der Waals surface area contributed by atoms with Crippen LogP contribution in [0.3, 0.4) is 0 Å². The Hall–Kier alpha value is -2.04. The molecule has 106 valence electrons. The van der Waals surface area contributed by atoms with Crippen molar-refractivity contribution in [1.29, 1.82) is 5.41 Å². The van der Waals surface area contributed by atoms with Gasteiger partial charge in [0.2, 0.25) is 0 Å². The quantitative estimate of drug-likeness (QED) is 0.553. The van der Waals surface area contributed by atoms with Gasteiger partial charge in [-0.25, -0.2) is 0 Å². The van der Waals surface area contributed by atoms with Gasteiger partial charge < -0.3 is 10.5 Å². The van der Waals surface area contributed by atoms with Crippen LogP contribution in [-0.2, 0) is 6.61 Å². The highest BCUT2D eigenvalue weighted by Gasteiger charge is 2.05. The summed E-state index contributed by atoms with van der Waals surface area (Å²) in [6.45, 7) is 0.469. The summed E-state index contributed by atoms with van der Waals surface area (Å²) in [6, 6.07) is 15.4. The number of hydrogen-bond donors (Lipinski definition) is 2. The zero-order chi connectivity index (χ0) is 14.8. The van der Waals surface area contributed by atoms with Crippen LogP contribution in [0.2, 0.25) is 5.02 Å². The van der Waals surface area contributed by atoms with Gasteiger partial charge in [-0.15, -0.1) is 11.3 Å². The van der Waals surface area contributed by atoms with Gasteiger partial charge in [0.25, 0.3) is 0 Å². The summed E-state index contributed by atoms with van der Waals surface area (Å²) in [7, 11) is 0. The Balaban J connectivity index is 1.79. The summed E-state index contributed by atoms with van der Waals surface area (Å²) in [5, 5.41) is 9.25. The van der Waals surface area contributed by atoms with E-state index in [0.29, 0.717) is 11.6 Å². The van der Waals surface area contributed by atoms with Crippen LogP contribution < -0.4 is 10.5 Å². The molecule has 3 N–H and O–H groups in total. The first-order valence-electron chi connectivity index (χ1n) is 6.37. The van der Waals surface area contributed by atoms with Gasteiger partial charge >= 0.3 is 0 Å². The van der Waals surface area contributed by atoms with E-state index in [4.69, 9.17) is 27.5 Å². The van der Waals surface area contributed by atoms with Crippen molar-refractivity contribution in [3.05, 3.63) is 64.0 Å². The fraction of sp³-hybridized carbons (Fsp3) is 0.0625. The summed E-state index contributed by atoms with van der Waals surface area (Å²) in [5.41, 5.74) is 6.54. The summed E-state index contributed by atoms with van der Waals surface area (Å²) >= 11 is 7.44. The summed E-state index contributed by atoms with van der Waals surface area (Å²) in [4.78, 5) is 0.775. The molecule has 0 fully saturated rings. The molecule has 1 aromatic heterocycles. The number of fused-ring (bicyclic) bond motifs is 1. The topological polar surface area (TPSA) is 59.1 Å². The molecule has 1 heterocycles. The van der Waals surface area contributed by atoms with Crippen LogP contribution in [0.25, 0.3) is 10.1 Å². The second-order valence-corrected chi connectivity index (χ2v) is 6.16. The van der Waals surface area contributed by atoms with Crippen molar-refractivity contribution >= 4 is 38.9 Å². The Labute approximate surface area is 131 Å². The number of nitrogen functional groups attached to an aromatic ring is 1. The van der Waals surface area contributed by atoms with E-state index in [0.717, 1.165) is 26.3 Å². The van der Waals surface area contributed by atoms with Gasteiger partial charge in [-0.3, -0.25) is 5.41 Å². The number of rotatable bonds is 4. The predicted octanol–water partition coefficient (Wildman–Crippen LogP) is 4.42. The number of amidine groups is 1. The molecule has 0 unspecified atom stereocenters. The molecule has 0 amide bonds. The van der Waals surface area contributed by atoms with Gasteiger partial charge in [-0.05, 0) is 47.3 Å². The third-order valence-electron chi connectivity index (χ3n) is 3.05. The van der Waals surface area contributed by atoms with E-state index in [2.05, 4.69) is 0 Å². The van der Waals surface area contributed by atoms with Crippen LogP contribution in [0, 0.1) is 5.41 Å². The van der Waals surface area contributed by atoms with Crippen molar-refractivity contribution in [2.45, 2.75) is 6.61 Å². The highest BCUT2D eigenvalue weighted by molar-refractivity contribution is 7.20. The number of thiophene rings is 1. The van der Waals surface area contributed by atoms with E-state index in [-0.39, 0.29) is 5.84 Å². The van der Waals surface area contributed by atoms with Crippen LogP contribution in [0.4, 0.5) is 0 Å². The molecule has 0 saturated carbocycles. The number of benzene rings is 2.